The SMILES string of the molecule is CCn1c(CNC2CCC2)cnc1C. The monoisotopic (exact) mass is 193 g/mol. The van der Waals surface area contributed by atoms with Crippen molar-refractivity contribution in [2.24, 2.45) is 0 Å². The summed E-state index contributed by atoms with van der Waals surface area (Å²) >= 11 is 0. The average Bonchev–Trinajstić information content (AvgIpc) is 2.44. The summed E-state index contributed by atoms with van der Waals surface area (Å²) in [6, 6.07) is 0.760. The van der Waals surface area contributed by atoms with Crippen LogP contribution in [0.15, 0.2) is 6.20 Å². The van der Waals surface area contributed by atoms with Crippen LogP contribution >= 0.6 is 0 Å². The van der Waals surface area contributed by atoms with E-state index < -0.39 is 0 Å². The Labute approximate surface area is 85.5 Å². The van der Waals surface area contributed by atoms with E-state index in [0.29, 0.717) is 0 Å². The van der Waals surface area contributed by atoms with Crippen molar-refractivity contribution in [3.8, 4) is 0 Å². The van der Waals surface area contributed by atoms with Crippen LogP contribution in [0.5, 0.6) is 0 Å². The van der Waals surface area contributed by atoms with Crippen LogP contribution in [0.2, 0.25) is 0 Å². The number of hydrogen-bond donors (Lipinski definition) is 1. The Morgan fingerprint density at radius 3 is 2.93 bits per heavy atom. The summed E-state index contributed by atoms with van der Waals surface area (Å²) < 4.78 is 2.27. The largest absolute Gasteiger partial charge is 0.331 e. The molecule has 3 heteroatoms. The zero-order valence-electron chi connectivity index (χ0n) is 9.08. The smallest absolute Gasteiger partial charge is 0.105 e. The summed E-state index contributed by atoms with van der Waals surface area (Å²) in [7, 11) is 0. The molecule has 2 rings (SSSR count). The molecule has 1 aliphatic rings. The highest BCUT2D eigenvalue weighted by molar-refractivity contribution is 5.04. The van der Waals surface area contributed by atoms with Crippen molar-refractivity contribution in [3.05, 3.63) is 17.7 Å². The molecule has 3 nitrogen and oxygen atoms in total. The first-order chi connectivity index (χ1) is 6.81. The molecular formula is C11H19N3. The van der Waals surface area contributed by atoms with Crippen LogP contribution in [-0.2, 0) is 13.1 Å². The number of nitrogens with one attached hydrogen (secondary N) is 1. The summed E-state index contributed by atoms with van der Waals surface area (Å²) in [6.07, 6.45) is 6.08. The number of rotatable bonds is 4. The van der Waals surface area contributed by atoms with Crippen molar-refractivity contribution < 1.29 is 0 Å². The third-order valence-corrected chi connectivity index (χ3v) is 3.13. The van der Waals surface area contributed by atoms with Crippen LogP contribution in [0, 0.1) is 6.92 Å². The molecule has 0 unspecified atom stereocenters. The Balaban J connectivity index is 1.93. The summed E-state index contributed by atoms with van der Waals surface area (Å²) in [6.45, 7) is 6.23. The zero-order valence-corrected chi connectivity index (χ0v) is 9.08. The molecular weight excluding hydrogens is 174 g/mol. The Hall–Kier alpha value is -0.830. The van der Waals surface area contributed by atoms with Crippen molar-refractivity contribution in [2.45, 2.75) is 52.2 Å². The summed E-state index contributed by atoms with van der Waals surface area (Å²) in [5, 5.41) is 3.56. The first-order valence-electron chi connectivity index (χ1n) is 5.55. The summed E-state index contributed by atoms with van der Waals surface area (Å²) in [5.41, 5.74) is 1.32. The average molecular weight is 193 g/mol. The summed E-state index contributed by atoms with van der Waals surface area (Å²) in [4.78, 5) is 4.33. The van der Waals surface area contributed by atoms with Gasteiger partial charge in [-0.1, -0.05) is 6.42 Å². The van der Waals surface area contributed by atoms with E-state index in [-0.39, 0.29) is 0 Å². The molecule has 0 aliphatic heterocycles. The molecule has 0 radical (unpaired) electrons. The van der Waals surface area contributed by atoms with E-state index in [9.17, 15) is 0 Å². The minimum atomic E-state index is 0.760. The lowest BCUT2D eigenvalue weighted by Crippen LogP contribution is -2.35. The van der Waals surface area contributed by atoms with E-state index in [1.54, 1.807) is 0 Å². The van der Waals surface area contributed by atoms with E-state index in [2.05, 4.69) is 28.7 Å². The fraction of sp³-hybridized carbons (Fsp3) is 0.727. The molecule has 0 atom stereocenters. The van der Waals surface area contributed by atoms with Crippen LogP contribution in [-0.4, -0.2) is 15.6 Å². The molecule has 1 saturated carbocycles. The van der Waals surface area contributed by atoms with E-state index >= 15 is 0 Å². The fourth-order valence-electron chi connectivity index (χ4n) is 1.95. The normalized spacial score (nSPS) is 17.0. The van der Waals surface area contributed by atoms with Gasteiger partial charge in [0.25, 0.3) is 0 Å². The molecule has 0 aromatic carbocycles. The number of aromatic nitrogens is 2. The molecule has 0 bridgehead atoms. The van der Waals surface area contributed by atoms with E-state index in [4.69, 9.17) is 0 Å². The van der Waals surface area contributed by atoms with Gasteiger partial charge >= 0.3 is 0 Å². The van der Waals surface area contributed by atoms with Crippen LogP contribution in [0.4, 0.5) is 0 Å². The fourth-order valence-corrected chi connectivity index (χ4v) is 1.95. The molecule has 14 heavy (non-hydrogen) atoms. The maximum Gasteiger partial charge on any atom is 0.105 e. The van der Waals surface area contributed by atoms with E-state index in [0.717, 1.165) is 25.0 Å². The molecule has 78 valence electrons. The maximum atomic E-state index is 4.33. The topological polar surface area (TPSA) is 29.9 Å². The van der Waals surface area contributed by atoms with Crippen LogP contribution in [0.1, 0.15) is 37.7 Å². The van der Waals surface area contributed by atoms with Gasteiger partial charge in [-0.25, -0.2) is 4.98 Å². The van der Waals surface area contributed by atoms with E-state index in [1.165, 1.54) is 25.0 Å². The first-order valence-corrected chi connectivity index (χ1v) is 5.55. The lowest BCUT2D eigenvalue weighted by Gasteiger charge is -2.26. The van der Waals surface area contributed by atoms with Crippen molar-refractivity contribution in [1.82, 2.24) is 14.9 Å². The van der Waals surface area contributed by atoms with Crippen LogP contribution < -0.4 is 5.32 Å². The highest BCUT2D eigenvalue weighted by atomic mass is 15.1. The zero-order chi connectivity index (χ0) is 9.97. The van der Waals surface area contributed by atoms with Gasteiger partial charge in [0.05, 0.1) is 5.69 Å². The summed E-state index contributed by atoms with van der Waals surface area (Å²) in [5.74, 6) is 1.12. The molecule has 0 spiro atoms. The second kappa shape index (κ2) is 4.13. The second-order valence-corrected chi connectivity index (χ2v) is 4.05. The highest BCUT2D eigenvalue weighted by Gasteiger charge is 2.16. The second-order valence-electron chi connectivity index (χ2n) is 4.05. The van der Waals surface area contributed by atoms with Gasteiger partial charge in [-0.2, -0.15) is 0 Å². The first kappa shape index (κ1) is 9.71. The maximum absolute atomic E-state index is 4.33. The molecule has 1 fully saturated rings. The number of nitrogens with zero attached hydrogens (tertiary/aromatic N) is 2. The van der Waals surface area contributed by atoms with Crippen LogP contribution in [0.3, 0.4) is 0 Å². The van der Waals surface area contributed by atoms with Gasteiger partial charge in [0, 0.05) is 25.3 Å². The minimum Gasteiger partial charge on any atom is -0.331 e. The molecule has 0 saturated heterocycles. The van der Waals surface area contributed by atoms with Gasteiger partial charge in [-0.3, -0.25) is 0 Å². The van der Waals surface area contributed by atoms with Gasteiger partial charge < -0.3 is 9.88 Å². The molecule has 1 aromatic rings. The Morgan fingerprint density at radius 2 is 2.36 bits per heavy atom. The molecule has 1 N–H and O–H groups in total. The van der Waals surface area contributed by atoms with Crippen LogP contribution in [0.25, 0.3) is 0 Å². The van der Waals surface area contributed by atoms with Gasteiger partial charge in [-0.05, 0) is 26.7 Å². The quantitative estimate of drug-likeness (QED) is 0.791. The predicted molar refractivity (Wildman–Crippen MR) is 57.1 cm³/mol. The van der Waals surface area contributed by atoms with Gasteiger partial charge in [-0.15, -0.1) is 0 Å². The number of hydrogen-bond acceptors (Lipinski definition) is 2. The third kappa shape index (κ3) is 1.82. The third-order valence-electron chi connectivity index (χ3n) is 3.13. The standard InChI is InChI=1S/C11H19N3/c1-3-14-9(2)12-7-11(14)8-13-10-5-4-6-10/h7,10,13H,3-6,8H2,1-2H3. The Kier molecular flexibility index (Phi) is 2.87. The molecule has 1 aliphatic carbocycles. The van der Waals surface area contributed by atoms with Crippen molar-refractivity contribution in [3.63, 3.8) is 0 Å². The molecule has 1 heterocycles. The van der Waals surface area contributed by atoms with Gasteiger partial charge in [0.2, 0.25) is 0 Å². The highest BCUT2D eigenvalue weighted by Crippen LogP contribution is 2.18. The van der Waals surface area contributed by atoms with Crippen molar-refractivity contribution in [1.29, 1.82) is 0 Å². The van der Waals surface area contributed by atoms with Gasteiger partial charge in [0.1, 0.15) is 5.82 Å². The van der Waals surface area contributed by atoms with E-state index in [1.807, 2.05) is 6.20 Å². The Morgan fingerprint density at radius 1 is 1.57 bits per heavy atom. The number of aryl methyl sites for hydroxylation is 1. The Bertz CT molecular complexity index is 299. The lowest BCUT2D eigenvalue weighted by molar-refractivity contribution is 0.335. The van der Waals surface area contributed by atoms with Crippen molar-refractivity contribution >= 4 is 0 Å². The predicted octanol–water partition coefficient (Wildman–Crippen LogP) is 1.85. The minimum absolute atomic E-state index is 0.760. The van der Waals surface area contributed by atoms with Crippen molar-refractivity contribution in [2.75, 3.05) is 0 Å². The van der Waals surface area contributed by atoms with Gasteiger partial charge in [0.15, 0.2) is 0 Å². The number of imidazole rings is 1. The molecule has 0 amide bonds. The lowest BCUT2D eigenvalue weighted by atomic mass is 9.93. The molecule has 1 aromatic heterocycles.